The summed E-state index contributed by atoms with van der Waals surface area (Å²) in [5, 5.41) is 8.54. The molecule has 156 valence electrons. The molecule has 10 heteroatoms. The highest BCUT2D eigenvalue weighted by Gasteiger charge is 2.22. The van der Waals surface area contributed by atoms with E-state index in [4.69, 9.17) is 0 Å². The van der Waals surface area contributed by atoms with E-state index in [0.29, 0.717) is 32.0 Å². The molecule has 1 saturated heterocycles. The normalized spacial score (nSPS) is 14.4. The second-order valence-electron chi connectivity index (χ2n) is 7.52. The van der Waals surface area contributed by atoms with Crippen LogP contribution in [-0.4, -0.2) is 66.3 Å². The molecule has 0 spiro atoms. The van der Waals surface area contributed by atoms with Crippen molar-refractivity contribution in [2.24, 2.45) is 0 Å². The number of hydrogen-bond acceptors (Lipinski definition) is 7. The average molecular weight is 408 g/mol. The summed E-state index contributed by atoms with van der Waals surface area (Å²) in [5.41, 5.74) is 0.534. The summed E-state index contributed by atoms with van der Waals surface area (Å²) in [5.74, 6) is 1.56. The third kappa shape index (κ3) is 4.22. The van der Waals surface area contributed by atoms with Gasteiger partial charge in [0.15, 0.2) is 11.6 Å². The average Bonchev–Trinajstić information content (AvgIpc) is 3.30. The van der Waals surface area contributed by atoms with Crippen molar-refractivity contribution in [1.82, 2.24) is 34.2 Å². The van der Waals surface area contributed by atoms with Crippen LogP contribution in [0.5, 0.6) is 0 Å². The molecule has 30 heavy (non-hydrogen) atoms. The van der Waals surface area contributed by atoms with E-state index in [1.54, 1.807) is 22.0 Å². The van der Waals surface area contributed by atoms with Gasteiger partial charge in [-0.2, -0.15) is 0 Å². The third-order valence-electron chi connectivity index (χ3n) is 5.16. The summed E-state index contributed by atoms with van der Waals surface area (Å²) >= 11 is 0. The van der Waals surface area contributed by atoms with Crippen molar-refractivity contribution in [3.05, 3.63) is 59.3 Å². The van der Waals surface area contributed by atoms with Crippen molar-refractivity contribution in [3.63, 3.8) is 0 Å². The second kappa shape index (κ2) is 8.44. The van der Waals surface area contributed by atoms with Gasteiger partial charge in [-0.1, -0.05) is 13.8 Å². The quantitative estimate of drug-likeness (QED) is 0.612. The molecule has 1 aliphatic heterocycles. The first kappa shape index (κ1) is 19.7. The summed E-state index contributed by atoms with van der Waals surface area (Å²) in [7, 11) is 0. The standard InChI is InChI=1S/C20H24N8O2/c1-15(2)16-11-19(29)28(14-22-16)12-20(30)26-9-7-25(8-10-26)17-3-4-18(24-23-17)27-6-5-21-13-27/h3-6,11,13-15H,7-10,12H2,1-2H3. The molecule has 3 aromatic heterocycles. The Morgan fingerprint density at radius 2 is 1.80 bits per heavy atom. The predicted octanol–water partition coefficient (Wildman–Crippen LogP) is 0.691. The van der Waals surface area contributed by atoms with Crippen LogP contribution in [0.3, 0.4) is 0 Å². The zero-order valence-corrected chi connectivity index (χ0v) is 17.0. The molecular weight excluding hydrogens is 384 g/mol. The van der Waals surface area contributed by atoms with E-state index in [-0.39, 0.29) is 23.9 Å². The van der Waals surface area contributed by atoms with E-state index in [0.717, 1.165) is 11.5 Å². The van der Waals surface area contributed by atoms with E-state index in [9.17, 15) is 9.59 Å². The monoisotopic (exact) mass is 408 g/mol. The Morgan fingerprint density at radius 3 is 2.40 bits per heavy atom. The van der Waals surface area contributed by atoms with E-state index < -0.39 is 0 Å². The summed E-state index contributed by atoms with van der Waals surface area (Å²) in [6.45, 7) is 6.41. The molecule has 1 aliphatic rings. The molecule has 4 heterocycles. The van der Waals surface area contributed by atoms with Crippen LogP contribution in [0.15, 0.2) is 48.0 Å². The molecule has 0 radical (unpaired) electrons. The van der Waals surface area contributed by atoms with E-state index in [1.807, 2.05) is 32.2 Å². The minimum absolute atomic E-state index is 0.00359. The Morgan fingerprint density at radius 1 is 1.07 bits per heavy atom. The van der Waals surface area contributed by atoms with Gasteiger partial charge in [-0.05, 0) is 18.1 Å². The number of amides is 1. The fraction of sp³-hybridized carbons (Fsp3) is 0.400. The SMILES string of the molecule is CC(C)c1cc(=O)n(CC(=O)N2CCN(c3ccc(-n4ccnc4)nn3)CC2)cn1. The second-order valence-corrected chi connectivity index (χ2v) is 7.52. The molecule has 0 atom stereocenters. The van der Waals surface area contributed by atoms with Crippen molar-refractivity contribution in [1.29, 1.82) is 0 Å². The van der Waals surface area contributed by atoms with Gasteiger partial charge in [0, 0.05) is 44.6 Å². The molecule has 0 aliphatic carbocycles. The number of rotatable bonds is 5. The Bertz CT molecular complexity index is 1050. The molecular formula is C20H24N8O2. The Labute approximate surface area is 173 Å². The van der Waals surface area contributed by atoms with Crippen LogP contribution in [0.25, 0.3) is 5.82 Å². The lowest BCUT2D eigenvalue weighted by molar-refractivity contribution is -0.132. The van der Waals surface area contributed by atoms with Crippen LogP contribution >= 0.6 is 0 Å². The van der Waals surface area contributed by atoms with Gasteiger partial charge in [-0.3, -0.25) is 18.7 Å². The molecule has 1 fully saturated rings. The van der Waals surface area contributed by atoms with Crippen LogP contribution < -0.4 is 10.5 Å². The minimum Gasteiger partial charge on any atom is -0.352 e. The van der Waals surface area contributed by atoms with Gasteiger partial charge in [0.1, 0.15) is 12.9 Å². The van der Waals surface area contributed by atoms with Crippen LogP contribution in [0.2, 0.25) is 0 Å². The number of hydrogen-bond donors (Lipinski definition) is 0. The lowest BCUT2D eigenvalue weighted by Crippen LogP contribution is -2.50. The molecule has 0 unspecified atom stereocenters. The fourth-order valence-electron chi connectivity index (χ4n) is 3.32. The topological polar surface area (TPSA) is 102 Å². The highest BCUT2D eigenvalue weighted by molar-refractivity contribution is 5.76. The number of imidazole rings is 1. The smallest absolute Gasteiger partial charge is 0.254 e. The molecule has 0 aromatic carbocycles. The summed E-state index contributed by atoms with van der Waals surface area (Å²) in [4.78, 5) is 37.0. The first-order valence-electron chi connectivity index (χ1n) is 9.92. The van der Waals surface area contributed by atoms with Gasteiger partial charge in [-0.25, -0.2) is 9.97 Å². The van der Waals surface area contributed by atoms with Gasteiger partial charge < -0.3 is 9.80 Å². The number of nitrogens with zero attached hydrogens (tertiary/aromatic N) is 8. The number of anilines is 1. The van der Waals surface area contributed by atoms with Crippen LogP contribution in [0.4, 0.5) is 5.82 Å². The fourth-order valence-corrected chi connectivity index (χ4v) is 3.32. The molecule has 10 nitrogen and oxygen atoms in total. The van der Waals surface area contributed by atoms with Gasteiger partial charge in [0.2, 0.25) is 5.91 Å². The lowest BCUT2D eigenvalue weighted by Gasteiger charge is -2.35. The zero-order valence-electron chi connectivity index (χ0n) is 17.0. The zero-order chi connectivity index (χ0) is 21.1. The molecule has 0 bridgehead atoms. The number of carbonyl (C=O) groups is 1. The van der Waals surface area contributed by atoms with E-state index in [1.165, 1.54) is 17.0 Å². The summed E-state index contributed by atoms with van der Waals surface area (Å²) in [6.07, 6.45) is 6.63. The largest absolute Gasteiger partial charge is 0.352 e. The maximum absolute atomic E-state index is 12.6. The van der Waals surface area contributed by atoms with Crippen LogP contribution in [0, 0.1) is 0 Å². The lowest BCUT2D eigenvalue weighted by atomic mass is 10.1. The van der Waals surface area contributed by atoms with Crippen molar-refractivity contribution in [2.45, 2.75) is 26.3 Å². The summed E-state index contributed by atoms with van der Waals surface area (Å²) in [6, 6.07) is 5.31. The van der Waals surface area contributed by atoms with Gasteiger partial charge in [0.25, 0.3) is 5.56 Å². The Hall–Kier alpha value is -3.56. The van der Waals surface area contributed by atoms with E-state index in [2.05, 4.69) is 25.1 Å². The number of piperazine rings is 1. The first-order valence-corrected chi connectivity index (χ1v) is 9.92. The third-order valence-corrected chi connectivity index (χ3v) is 5.16. The molecule has 4 rings (SSSR count). The van der Waals surface area contributed by atoms with Crippen molar-refractivity contribution in [2.75, 3.05) is 31.1 Å². The van der Waals surface area contributed by atoms with Crippen LogP contribution in [-0.2, 0) is 11.3 Å². The van der Waals surface area contributed by atoms with Crippen LogP contribution in [0.1, 0.15) is 25.5 Å². The number of carbonyl (C=O) groups excluding carboxylic acids is 1. The van der Waals surface area contributed by atoms with Crippen molar-refractivity contribution in [3.8, 4) is 5.82 Å². The van der Waals surface area contributed by atoms with Crippen molar-refractivity contribution < 1.29 is 4.79 Å². The Kier molecular flexibility index (Phi) is 5.55. The van der Waals surface area contributed by atoms with Gasteiger partial charge >= 0.3 is 0 Å². The molecule has 3 aromatic rings. The maximum atomic E-state index is 12.6. The highest BCUT2D eigenvalue weighted by Crippen LogP contribution is 2.14. The molecule has 0 N–H and O–H groups in total. The summed E-state index contributed by atoms with van der Waals surface area (Å²) < 4.78 is 3.15. The van der Waals surface area contributed by atoms with Gasteiger partial charge in [-0.15, -0.1) is 10.2 Å². The van der Waals surface area contributed by atoms with Crippen molar-refractivity contribution >= 4 is 11.7 Å². The predicted molar refractivity (Wildman–Crippen MR) is 111 cm³/mol. The molecule has 1 amide bonds. The number of aromatic nitrogens is 6. The van der Waals surface area contributed by atoms with Gasteiger partial charge in [0.05, 0.1) is 12.0 Å². The highest BCUT2D eigenvalue weighted by atomic mass is 16.2. The molecule has 0 saturated carbocycles. The maximum Gasteiger partial charge on any atom is 0.254 e. The van der Waals surface area contributed by atoms with E-state index >= 15 is 0 Å². The minimum atomic E-state index is -0.200. The Balaban J connectivity index is 1.34. The first-order chi connectivity index (χ1) is 14.5.